The molecule has 0 amide bonds. The van der Waals surface area contributed by atoms with Gasteiger partial charge in [0.15, 0.2) is 5.84 Å². The maximum absolute atomic E-state index is 8.62. The van der Waals surface area contributed by atoms with E-state index in [2.05, 4.69) is 10.3 Å². The van der Waals surface area contributed by atoms with Crippen molar-refractivity contribution in [2.75, 3.05) is 0 Å². The average Bonchev–Trinajstić information content (AvgIpc) is 2.92. The van der Waals surface area contributed by atoms with Crippen molar-refractivity contribution in [3.63, 3.8) is 0 Å². The number of rotatable bonds is 5. The van der Waals surface area contributed by atoms with Crippen LogP contribution in [0.4, 0.5) is 0 Å². The molecule has 1 aromatic heterocycles. The SMILES string of the molecule is CCn1cc(COc2ccc(/C(N)=N/O)c(Cl)c2)cn1. The first-order valence-electron chi connectivity index (χ1n) is 6.05. The molecule has 2 aromatic rings. The van der Waals surface area contributed by atoms with Crippen LogP contribution in [0.5, 0.6) is 5.75 Å². The predicted octanol–water partition coefficient (Wildman–Crippen LogP) is 2.23. The van der Waals surface area contributed by atoms with E-state index in [4.69, 9.17) is 27.3 Å². The minimum Gasteiger partial charge on any atom is -0.489 e. The molecule has 0 radical (unpaired) electrons. The molecule has 0 aliphatic carbocycles. The molecule has 0 aliphatic rings. The van der Waals surface area contributed by atoms with Gasteiger partial charge in [0.1, 0.15) is 12.4 Å². The van der Waals surface area contributed by atoms with Crippen LogP contribution in [0.2, 0.25) is 5.02 Å². The summed E-state index contributed by atoms with van der Waals surface area (Å²) in [6, 6.07) is 4.98. The first-order chi connectivity index (χ1) is 9.63. The number of oxime groups is 1. The van der Waals surface area contributed by atoms with E-state index in [0.29, 0.717) is 22.9 Å². The lowest BCUT2D eigenvalue weighted by molar-refractivity contribution is 0.306. The Morgan fingerprint density at radius 1 is 1.55 bits per heavy atom. The lowest BCUT2D eigenvalue weighted by Gasteiger charge is -2.07. The van der Waals surface area contributed by atoms with Crippen LogP contribution in [-0.2, 0) is 13.2 Å². The van der Waals surface area contributed by atoms with Gasteiger partial charge in [-0.2, -0.15) is 5.10 Å². The number of aryl methyl sites for hydroxylation is 1. The van der Waals surface area contributed by atoms with Gasteiger partial charge in [0.2, 0.25) is 0 Å². The number of nitrogens with two attached hydrogens (primary N) is 1. The Labute approximate surface area is 121 Å². The normalized spacial score (nSPS) is 11.6. The van der Waals surface area contributed by atoms with E-state index in [-0.39, 0.29) is 5.84 Å². The van der Waals surface area contributed by atoms with Gasteiger partial charge in [-0.15, -0.1) is 0 Å². The molecule has 2 rings (SSSR count). The maximum Gasteiger partial charge on any atom is 0.171 e. The summed E-state index contributed by atoms with van der Waals surface area (Å²) in [4.78, 5) is 0. The third-order valence-electron chi connectivity index (χ3n) is 2.74. The average molecular weight is 295 g/mol. The fraction of sp³-hybridized carbons (Fsp3) is 0.231. The highest BCUT2D eigenvalue weighted by Crippen LogP contribution is 2.23. The highest BCUT2D eigenvalue weighted by atomic mass is 35.5. The van der Waals surface area contributed by atoms with Crippen molar-refractivity contribution in [2.24, 2.45) is 10.9 Å². The number of nitrogens with zero attached hydrogens (tertiary/aromatic N) is 3. The Morgan fingerprint density at radius 2 is 2.35 bits per heavy atom. The second-order valence-corrected chi connectivity index (χ2v) is 4.53. The van der Waals surface area contributed by atoms with Crippen LogP contribution < -0.4 is 10.5 Å². The van der Waals surface area contributed by atoms with Gasteiger partial charge in [0.25, 0.3) is 0 Å². The molecule has 1 heterocycles. The number of hydrogen-bond donors (Lipinski definition) is 2. The van der Waals surface area contributed by atoms with Gasteiger partial charge >= 0.3 is 0 Å². The molecule has 106 valence electrons. The van der Waals surface area contributed by atoms with E-state index in [1.807, 2.05) is 17.8 Å². The fourth-order valence-corrected chi connectivity index (χ4v) is 1.94. The lowest BCUT2D eigenvalue weighted by Crippen LogP contribution is -2.13. The van der Waals surface area contributed by atoms with Crippen molar-refractivity contribution < 1.29 is 9.94 Å². The summed E-state index contributed by atoms with van der Waals surface area (Å²) >= 11 is 6.04. The molecule has 0 bridgehead atoms. The third-order valence-corrected chi connectivity index (χ3v) is 3.05. The fourth-order valence-electron chi connectivity index (χ4n) is 1.67. The molecule has 6 nitrogen and oxygen atoms in total. The minimum atomic E-state index is -0.0363. The predicted molar refractivity (Wildman–Crippen MR) is 76.2 cm³/mol. The second kappa shape index (κ2) is 6.29. The zero-order chi connectivity index (χ0) is 14.5. The highest BCUT2D eigenvalue weighted by molar-refractivity contribution is 6.34. The van der Waals surface area contributed by atoms with Gasteiger partial charge in [-0.3, -0.25) is 4.68 Å². The van der Waals surface area contributed by atoms with Crippen LogP contribution in [-0.4, -0.2) is 20.8 Å². The summed E-state index contributed by atoms with van der Waals surface area (Å²) in [5.41, 5.74) is 6.93. The van der Waals surface area contributed by atoms with Crippen LogP contribution in [0.15, 0.2) is 35.7 Å². The van der Waals surface area contributed by atoms with Crippen molar-refractivity contribution in [3.8, 4) is 5.75 Å². The Hall–Kier alpha value is -2.21. The van der Waals surface area contributed by atoms with E-state index in [1.165, 1.54) is 0 Å². The van der Waals surface area contributed by atoms with Crippen molar-refractivity contribution in [1.29, 1.82) is 0 Å². The summed E-state index contributed by atoms with van der Waals surface area (Å²) in [5.74, 6) is 0.569. The molecule has 7 heteroatoms. The molecular weight excluding hydrogens is 280 g/mol. The summed E-state index contributed by atoms with van der Waals surface area (Å²) in [5, 5.41) is 16.1. The second-order valence-electron chi connectivity index (χ2n) is 4.12. The molecule has 0 saturated carbocycles. The molecule has 0 aliphatic heterocycles. The lowest BCUT2D eigenvalue weighted by atomic mass is 10.2. The summed E-state index contributed by atoms with van der Waals surface area (Å²) < 4.78 is 7.44. The Balaban J connectivity index is 2.05. The molecule has 0 saturated heterocycles. The molecule has 1 aromatic carbocycles. The highest BCUT2D eigenvalue weighted by Gasteiger charge is 2.07. The van der Waals surface area contributed by atoms with E-state index in [9.17, 15) is 0 Å². The van der Waals surface area contributed by atoms with Gasteiger partial charge in [0, 0.05) is 23.9 Å². The largest absolute Gasteiger partial charge is 0.489 e. The van der Waals surface area contributed by atoms with Gasteiger partial charge in [0.05, 0.1) is 11.2 Å². The van der Waals surface area contributed by atoms with Crippen LogP contribution in [0.3, 0.4) is 0 Å². The molecule has 20 heavy (non-hydrogen) atoms. The minimum absolute atomic E-state index is 0.0363. The van der Waals surface area contributed by atoms with Crippen LogP contribution in [0, 0.1) is 0 Å². The van der Waals surface area contributed by atoms with E-state index in [0.717, 1.165) is 12.1 Å². The van der Waals surface area contributed by atoms with Crippen molar-refractivity contribution >= 4 is 17.4 Å². The Morgan fingerprint density at radius 3 is 2.95 bits per heavy atom. The summed E-state index contributed by atoms with van der Waals surface area (Å²) in [6.07, 6.45) is 3.68. The van der Waals surface area contributed by atoms with E-state index < -0.39 is 0 Å². The maximum atomic E-state index is 8.62. The number of halogens is 1. The number of hydrogen-bond acceptors (Lipinski definition) is 4. The monoisotopic (exact) mass is 294 g/mol. The Kier molecular flexibility index (Phi) is 4.47. The number of aromatic nitrogens is 2. The quantitative estimate of drug-likeness (QED) is 0.383. The van der Waals surface area contributed by atoms with Crippen LogP contribution in [0.25, 0.3) is 0 Å². The molecule has 3 N–H and O–H groups in total. The van der Waals surface area contributed by atoms with Gasteiger partial charge in [-0.1, -0.05) is 16.8 Å². The molecule has 0 fully saturated rings. The van der Waals surface area contributed by atoms with Crippen LogP contribution in [0.1, 0.15) is 18.1 Å². The van der Waals surface area contributed by atoms with Gasteiger partial charge in [-0.05, 0) is 25.1 Å². The first-order valence-corrected chi connectivity index (χ1v) is 6.43. The molecular formula is C13H15ClN4O2. The molecule has 0 spiro atoms. The number of ether oxygens (including phenoxy) is 1. The van der Waals surface area contributed by atoms with Crippen molar-refractivity contribution in [1.82, 2.24) is 9.78 Å². The molecule has 0 unspecified atom stereocenters. The number of amidine groups is 1. The van der Waals surface area contributed by atoms with Crippen molar-refractivity contribution in [2.45, 2.75) is 20.1 Å². The standard InChI is InChI=1S/C13H15ClN4O2/c1-2-18-7-9(6-16-18)8-20-10-3-4-11(12(14)5-10)13(15)17-19/h3-7,19H,2,8H2,1H3,(H2,15,17). The van der Waals surface area contributed by atoms with Gasteiger partial charge in [-0.25, -0.2) is 0 Å². The first kappa shape index (κ1) is 14.2. The smallest absolute Gasteiger partial charge is 0.171 e. The summed E-state index contributed by atoms with van der Waals surface area (Å²) in [6.45, 7) is 3.24. The Bertz CT molecular complexity index is 625. The molecule has 0 atom stereocenters. The van der Waals surface area contributed by atoms with Crippen LogP contribution >= 0.6 is 11.6 Å². The van der Waals surface area contributed by atoms with Gasteiger partial charge < -0.3 is 15.7 Å². The number of benzene rings is 1. The van der Waals surface area contributed by atoms with E-state index in [1.54, 1.807) is 24.4 Å². The zero-order valence-electron chi connectivity index (χ0n) is 11.0. The third kappa shape index (κ3) is 3.21. The zero-order valence-corrected chi connectivity index (χ0v) is 11.7. The summed E-state index contributed by atoms with van der Waals surface area (Å²) in [7, 11) is 0. The topological polar surface area (TPSA) is 85.7 Å². The van der Waals surface area contributed by atoms with Crippen molar-refractivity contribution in [3.05, 3.63) is 46.7 Å². The van der Waals surface area contributed by atoms with E-state index >= 15 is 0 Å².